The second-order valence-electron chi connectivity index (χ2n) is 4.41. The average molecular weight is 358 g/mol. The molecule has 0 spiro atoms. The van der Waals surface area contributed by atoms with E-state index in [1.54, 1.807) is 0 Å². The van der Waals surface area contributed by atoms with Gasteiger partial charge in [-0.05, 0) is 12.5 Å². The molecule has 3 N–H and O–H groups in total. The largest absolute Gasteiger partial charge is 0.396 e. The number of rotatable bonds is 3. The maximum Gasteiger partial charge on any atom is 0.291 e. The number of nitrogens with zero attached hydrogens (tertiary/aromatic N) is 2. The summed E-state index contributed by atoms with van der Waals surface area (Å²) in [6.07, 6.45) is 1.50. The molecule has 0 saturated heterocycles. The summed E-state index contributed by atoms with van der Waals surface area (Å²) in [7, 11) is 0. The Kier molecular flexibility index (Phi) is 5.24. The molecule has 0 unspecified atom stereocenters. The number of carbonyl (C=O) groups excluding carboxylic acids is 1. The Morgan fingerprint density at radius 2 is 2.05 bits per heavy atom. The van der Waals surface area contributed by atoms with Crippen LogP contribution < -0.4 is 11.2 Å². The van der Waals surface area contributed by atoms with Gasteiger partial charge >= 0.3 is 0 Å². The first-order chi connectivity index (χ1) is 10.4. The summed E-state index contributed by atoms with van der Waals surface area (Å²) in [6, 6.07) is 7.61. The second-order valence-corrected chi connectivity index (χ2v) is 5.52. The van der Waals surface area contributed by atoms with Crippen molar-refractivity contribution in [2.24, 2.45) is 5.10 Å². The number of carbonyl (C=O) groups is 1. The van der Waals surface area contributed by atoms with Gasteiger partial charge in [0.25, 0.3) is 5.91 Å². The summed E-state index contributed by atoms with van der Waals surface area (Å²) in [5.74, 6) is -0.640. The van der Waals surface area contributed by atoms with Gasteiger partial charge in [-0.1, -0.05) is 64.6 Å². The average Bonchev–Trinajstić information content (AvgIpc) is 2.48. The van der Waals surface area contributed by atoms with Crippen molar-refractivity contribution in [2.75, 3.05) is 5.73 Å². The quantitative estimate of drug-likeness (QED) is 0.499. The number of aromatic nitrogens is 1. The summed E-state index contributed by atoms with van der Waals surface area (Å²) in [6.45, 7) is 1.96. The third-order valence-electron chi connectivity index (χ3n) is 2.71. The smallest absolute Gasteiger partial charge is 0.291 e. The molecule has 1 heterocycles. The summed E-state index contributed by atoms with van der Waals surface area (Å²) in [5.41, 5.74) is 9.73. The van der Waals surface area contributed by atoms with E-state index < -0.39 is 5.91 Å². The number of nitrogen functional groups attached to an aromatic ring is 1. The van der Waals surface area contributed by atoms with E-state index in [9.17, 15) is 4.79 Å². The zero-order chi connectivity index (χ0) is 16.3. The number of amides is 1. The van der Waals surface area contributed by atoms with Crippen LogP contribution in [0.25, 0.3) is 0 Å². The number of hydrogen-bond donors (Lipinski definition) is 2. The zero-order valence-electron chi connectivity index (χ0n) is 11.4. The fourth-order valence-electron chi connectivity index (χ4n) is 1.65. The molecular weight excluding hydrogens is 347 g/mol. The molecule has 1 aromatic carbocycles. The van der Waals surface area contributed by atoms with Gasteiger partial charge in [-0.15, -0.1) is 0 Å². The maximum atomic E-state index is 12.0. The fraction of sp³-hybridized carbons (Fsp3) is 0.0714. The lowest BCUT2D eigenvalue weighted by molar-refractivity contribution is 0.0950. The molecule has 1 amide bonds. The number of hydrogen-bond acceptors (Lipinski definition) is 4. The van der Waals surface area contributed by atoms with Crippen LogP contribution in [-0.4, -0.2) is 17.1 Å². The predicted octanol–water partition coefficient (Wildman–Crippen LogP) is 3.70. The molecule has 8 heteroatoms. The summed E-state index contributed by atoms with van der Waals surface area (Å²) >= 11 is 17.5. The Hall–Kier alpha value is -1.82. The number of nitrogens with two attached hydrogens (primary N) is 1. The Morgan fingerprint density at radius 3 is 2.73 bits per heavy atom. The van der Waals surface area contributed by atoms with Gasteiger partial charge in [0.15, 0.2) is 10.8 Å². The molecule has 0 aliphatic rings. The minimum atomic E-state index is -0.640. The van der Waals surface area contributed by atoms with Crippen molar-refractivity contribution in [2.45, 2.75) is 6.92 Å². The van der Waals surface area contributed by atoms with E-state index in [-0.39, 0.29) is 26.6 Å². The third kappa shape index (κ3) is 3.68. The van der Waals surface area contributed by atoms with E-state index in [2.05, 4.69) is 15.5 Å². The van der Waals surface area contributed by atoms with E-state index in [4.69, 9.17) is 40.5 Å². The molecule has 2 rings (SSSR count). The van der Waals surface area contributed by atoms with Crippen LogP contribution in [0.2, 0.25) is 15.2 Å². The van der Waals surface area contributed by atoms with Gasteiger partial charge in [0, 0.05) is 0 Å². The Bertz CT molecular complexity index is 762. The topological polar surface area (TPSA) is 80.4 Å². The number of halogens is 3. The molecule has 0 aliphatic heterocycles. The molecule has 5 nitrogen and oxygen atoms in total. The van der Waals surface area contributed by atoms with Gasteiger partial charge in [-0.25, -0.2) is 10.4 Å². The van der Waals surface area contributed by atoms with Crippen LogP contribution >= 0.6 is 34.8 Å². The minimum Gasteiger partial charge on any atom is -0.396 e. The lowest BCUT2D eigenvalue weighted by Gasteiger charge is -2.07. The van der Waals surface area contributed by atoms with Crippen LogP contribution in [0, 0.1) is 6.92 Å². The summed E-state index contributed by atoms with van der Waals surface area (Å²) in [5, 5.41) is 3.68. The normalized spacial score (nSPS) is 10.9. The van der Waals surface area contributed by atoms with Gasteiger partial charge in [0.05, 0.1) is 16.9 Å². The van der Waals surface area contributed by atoms with Crippen molar-refractivity contribution in [3.8, 4) is 0 Å². The molecule has 1 aromatic heterocycles. The van der Waals surface area contributed by atoms with Crippen molar-refractivity contribution in [1.29, 1.82) is 0 Å². The van der Waals surface area contributed by atoms with Crippen LogP contribution in [0.15, 0.2) is 29.4 Å². The van der Waals surface area contributed by atoms with E-state index in [1.165, 1.54) is 6.21 Å². The highest BCUT2D eigenvalue weighted by atomic mass is 35.5. The van der Waals surface area contributed by atoms with Gasteiger partial charge in [0.1, 0.15) is 5.02 Å². The number of hydrazone groups is 1. The lowest BCUT2D eigenvalue weighted by Crippen LogP contribution is -2.20. The lowest BCUT2D eigenvalue weighted by atomic mass is 10.2. The SMILES string of the molecule is Cc1cccc(/C=N\NC(=O)c2nc(Cl)c(Cl)c(N)c2Cl)c1. The van der Waals surface area contributed by atoms with Crippen LogP contribution in [0.4, 0.5) is 5.69 Å². The highest BCUT2D eigenvalue weighted by molar-refractivity contribution is 6.46. The van der Waals surface area contributed by atoms with E-state index in [1.807, 2.05) is 31.2 Å². The molecule has 0 fully saturated rings. The molecule has 0 saturated carbocycles. The molecule has 2 aromatic rings. The molecule has 0 bridgehead atoms. The molecule has 0 radical (unpaired) electrons. The highest BCUT2D eigenvalue weighted by Crippen LogP contribution is 2.34. The molecule has 22 heavy (non-hydrogen) atoms. The van der Waals surface area contributed by atoms with Crippen molar-refractivity contribution in [3.05, 3.63) is 56.3 Å². The standard InChI is InChI=1S/C14H11Cl3N4O/c1-7-3-2-4-8(5-7)6-19-21-14(22)12-9(15)11(18)10(16)13(17)20-12/h2-6H,1H3,(H2,18,20)(H,21,22)/b19-6-. The highest BCUT2D eigenvalue weighted by Gasteiger charge is 2.19. The van der Waals surface area contributed by atoms with Crippen LogP contribution in [0.5, 0.6) is 0 Å². The maximum absolute atomic E-state index is 12.0. The molecule has 0 aliphatic carbocycles. The van der Waals surface area contributed by atoms with E-state index >= 15 is 0 Å². The predicted molar refractivity (Wildman–Crippen MR) is 89.9 cm³/mol. The van der Waals surface area contributed by atoms with Crippen LogP contribution in [-0.2, 0) is 0 Å². The van der Waals surface area contributed by atoms with E-state index in [0.29, 0.717) is 0 Å². The first kappa shape index (κ1) is 16.5. The zero-order valence-corrected chi connectivity index (χ0v) is 13.7. The van der Waals surface area contributed by atoms with Gasteiger partial charge in [-0.2, -0.15) is 5.10 Å². The Balaban J connectivity index is 2.17. The number of anilines is 1. The number of nitrogens with one attached hydrogen (secondary N) is 1. The number of benzene rings is 1. The van der Waals surface area contributed by atoms with Gasteiger partial charge in [0.2, 0.25) is 0 Å². The van der Waals surface area contributed by atoms with E-state index in [0.717, 1.165) is 11.1 Å². The Morgan fingerprint density at radius 1 is 1.32 bits per heavy atom. The number of pyridine rings is 1. The monoisotopic (exact) mass is 356 g/mol. The third-order valence-corrected chi connectivity index (χ3v) is 3.84. The summed E-state index contributed by atoms with van der Waals surface area (Å²) in [4.78, 5) is 15.8. The molecule has 0 atom stereocenters. The first-order valence-electron chi connectivity index (χ1n) is 6.10. The van der Waals surface area contributed by atoms with Crippen molar-refractivity contribution in [1.82, 2.24) is 10.4 Å². The fourth-order valence-corrected chi connectivity index (χ4v) is 2.24. The van der Waals surface area contributed by atoms with Crippen molar-refractivity contribution in [3.63, 3.8) is 0 Å². The Labute approximate surface area is 142 Å². The first-order valence-corrected chi connectivity index (χ1v) is 7.23. The second kappa shape index (κ2) is 6.96. The summed E-state index contributed by atoms with van der Waals surface area (Å²) < 4.78 is 0. The van der Waals surface area contributed by atoms with Gasteiger partial charge < -0.3 is 5.73 Å². The van der Waals surface area contributed by atoms with Gasteiger partial charge in [-0.3, -0.25) is 4.79 Å². The van der Waals surface area contributed by atoms with Crippen molar-refractivity contribution >= 4 is 52.6 Å². The number of aryl methyl sites for hydroxylation is 1. The molecular formula is C14H11Cl3N4O. The van der Waals surface area contributed by atoms with Crippen molar-refractivity contribution < 1.29 is 4.79 Å². The van der Waals surface area contributed by atoms with Crippen LogP contribution in [0.3, 0.4) is 0 Å². The van der Waals surface area contributed by atoms with Crippen LogP contribution in [0.1, 0.15) is 21.6 Å². The minimum absolute atomic E-state index is 0.00357. The molecule has 114 valence electrons.